The van der Waals surface area contributed by atoms with Gasteiger partial charge in [0, 0.05) is 25.6 Å². The molecule has 0 aromatic heterocycles. The number of nitrogens with zero attached hydrogens (tertiary/aromatic N) is 3. The number of anilines is 1. The highest BCUT2D eigenvalue weighted by atomic mass is 32.1. The van der Waals surface area contributed by atoms with Gasteiger partial charge in [-0.1, -0.05) is 30.4 Å². The topological polar surface area (TPSA) is 83.0 Å². The zero-order chi connectivity index (χ0) is 16.5. The van der Waals surface area contributed by atoms with Gasteiger partial charge in [0.2, 0.25) is 0 Å². The average molecular weight is 319 g/mol. The van der Waals surface area contributed by atoms with Gasteiger partial charge in [-0.25, -0.2) is 4.79 Å². The summed E-state index contributed by atoms with van der Waals surface area (Å²) in [6, 6.07) is 9.46. The van der Waals surface area contributed by atoms with Crippen molar-refractivity contribution >= 4 is 40.4 Å². The van der Waals surface area contributed by atoms with Crippen LogP contribution in [0.3, 0.4) is 0 Å². The van der Waals surface area contributed by atoms with Crippen LogP contribution in [0.4, 0.5) is 5.69 Å². The average Bonchev–Trinajstić information content (AvgIpc) is 2.53. The molecule has 0 atom stereocenters. The molecular weight excluding hydrogens is 302 g/mol. The number of carbonyl (C=O) groups excluding carboxylic acids is 2. The van der Waals surface area contributed by atoms with Crippen molar-refractivity contribution < 1.29 is 19.1 Å². The summed E-state index contributed by atoms with van der Waals surface area (Å²) in [5.74, 6) is -1.54. The molecule has 0 N–H and O–H groups in total. The van der Waals surface area contributed by atoms with E-state index in [1.807, 2.05) is 30.3 Å². The summed E-state index contributed by atoms with van der Waals surface area (Å²) in [4.78, 5) is 28.4. The Kier molecular flexibility index (Phi) is 7.08. The maximum atomic E-state index is 11.9. The van der Waals surface area contributed by atoms with E-state index >= 15 is 0 Å². The Bertz CT molecular complexity index is 610. The molecule has 0 aliphatic carbocycles. The van der Waals surface area contributed by atoms with E-state index in [0.717, 1.165) is 5.69 Å². The molecule has 1 rings (SSSR count). The summed E-state index contributed by atoms with van der Waals surface area (Å²) in [6.45, 7) is 1.70. The molecular formula is C15H17N3O3S. The first-order chi connectivity index (χ1) is 10.5. The summed E-state index contributed by atoms with van der Waals surface area (Å²) in [5, 5.41) is 0. The lowest BCUT2D eigenvalue weighted by molar-refractivity contribution is -0.141. The highest BCUT2D eigenvalue weighted by Gasteiger charge is 2.30. The predicted molar refractivity (Wildman–Crippen MR) is 86.9 cm³/mol. The first-order valence-corrected chi connectivity index (χ1v) is 7.16. The lowest BCUT2D eigenvalue weighted by atomic mass is 10.1. The third-order valence-electron chi connectivity index (χ3n) is 2.92. The Hall–Kier alpha value is -2.37. The molecule has 0 heterocycles. The normalized spacial score (nSPS) is 9.55. The van der Waals surface area contributed by atoms with Gasteiger partial charge < -0.3 is 15.2 Å². The molecule has 0 saturated carbocycles. The number of rotatable bonds is 7. The first-order valence-electron chi connectivity index (χ1n) is 6.75. The minimum atomic E-state index is -0.933. The fraction of sp³-hybridized carbons (Fsp3) is 0.333. The van der Waals surface area contributed by atoms with Gasteiger partial charge in [-0.2, -0.15) is 4.79 Å². The van der Waals surface area contributed by atoms with Gasteiger partial charge in [0.05, 0.1) is 11.6 Å². The zero-order valence-electron chi connectivity index (χ0n) is 12.5. The fourth-order valence-corrected chi connectivity index (χ4v) is 1.92. The van der Waals surface area contributed by atoms with E-state index in [9.17, 15) is 9.59 Å². The Morgan fingerprint density at radius 1 is 1.27 bits per heavy atom. The molecule has 0 amide bonds. The number of ether oxygens (including phenoxy) is 1. The number of carbonyl (C=O) groups is 2. The van der Waals surface area contributed by atoms with Crippen LogP contribution in [0.25, 0.3) is 5.53 Å². The minimum Gasteiger partial charge on any atom is -0.457 e. The molecule has 116 valence electrons. The number of ketones is 1. The van der Waals surface area contributed by atoms with Gasteiger partial charge in [0.15, 0.2) is 0 Å². The maximum Gasteiger partial charge on any atom is 0.441 e. The van der Waals surface area contributed by atoms with Crippen molar-refractivity contribution in [2.75, 3.05) is 18.6 Å². The molecule has 0 aliphatic heterocycles. The van der Waals surface area contributed by atoms with Gasteiger partial charge in [0.25, 0.3) is 5.78 Å². The van der Waals surface area contributed by atoms with Crippen molar-refractivity contribution in [2.24, 2.45) is 0 Å². The highest BCUT2D eigenvalue weighted by Crippen LogP contribution is 2.14. The summed E-state index contributed by atoms with van der Waals surface area (Å²) in [7, 11) is 1.80. The van der Waals surface area contributed by atoms with E-state index in [0.29, 0.717) is 4.99 Å². The summed E-state index contributed by atoms with van der Waals surface area (Å²) in [5.41, 5.74) is 9.07. The zero-order valence-corrected chi connectivity index (χ0v) is 13.3. The predicted octanol–water partition coefficient (Wildman–Crippen LogP) is 2.03. The van der Waals surface area contributed by atoms with Gasteiger partial charge in [-0.3, -0.25) is 4.79 Å². The molecule has 0 fully saturated rings. The minimum absolute atomic E-state index is 0.0335. The van der Waals surface area contributed by atoms with Crippen molar-refractivity contribution in [3.63, 3.8) is 0 Å². The number of thiocarbonyl (C=S) groups is 1. The second-order valence-corrected chi connectivity index (χ2v) is 4.85. The molecule has 6 nitrogen and oxygen atoms in total. The Balaban J connectivity index is 2.62. The van der Waals surface area contributed by atoms with Crippen LogP contribution < -0.4 is 4.90 Å². The van der Waals surface area contributed by atoms with Crippen LogP contribution in [0.15, 0.2) is 30.3 Å². The molecule has 1 aromatic carbocycles. The van der Waals surface area contributed by atoms with Crippen LogP contribution in [-0.2, 0) is 14.3 Å². The largest absolute Gasteiger partial charge is 0.457 e. The maximum absolute atomic E-state index is 11.9. The van der Waals surface area contributed by atoms with Crippen molar-refractivity contribution in [3.05, 3.63) is 35.9 Å². The lowest BCUT2D eigenvalue weighted by Crippen LogP contribution is -2.30. The SMILES string of the molecule is CCOC(=O)C(=[N+]=[N-])C(=O)CCC(=S)N(C)c1ccccc1. The molecule has 0 bridgehead atoms. The number of para-hydroxylation sites is 1. The third kappa shape index (κ3) is 4.87. The first kappa shape index (κ1) is 17.7. The molecule has 1 aromatic rings. The van der Waals surface area contributed by atoms with Gasteiger partial charge >= 0.3 is 11.7 Å². The lowest BCUT2D eigenvalue weighted by Gasteiger charge is -2.19. The molecule has 22 heavy (non-hydrogen) atoms. The Labute approximate surface area is 134 Å². The second kappa shape index (κ2) is 8.81. The molecule has 0 aliphatic rings. The van der Waals surface area contributed by atoms with E-state index in [1.165, 1.54) is 0 Å². The number of hydrogen-bond acceptors (Lipinski definition) is 4. The van der Waals surface area contributed by atoms with Gasteiger partial charge in [0.1, 0.15) is 0 Å². The standard InChI is InChI=1S/C15H17N3O3S/c1-3-21-15(20)14(17-16)12(19)9-10-13(22)18(2)11-7-5-4-6-8-11/h4-8H,3,9-10H2,1-2H3. The summed E-state index contributed by atoms with van der Waals surface area (Å²) < 4.78 is 4.65. The van der Waals surface area contributed by atoms with Crippen molar-refractivity contribution in [2.45, 2.75) is 19.8 Å². The van der Waals surface area contributed by atoms with Gasteiger partial charge in [-0.15, -0.1) is 0 Å². The van der Waals surface area contributed by atoms with Crippen molar-refractivity contribution in [1.82, 2.24) is 0 Å². The fourth-order valence-electron chi connectivity index (χ4n) is 1.71. The van der Waals surface area contributed by atoms with Gasteiger partial charge in [-0.05, 0) is 19.1 Å². The van der Waals surface area contributed by atoms with Crippen molar-refractivity contribution in [1.29, 1.82) is 0 Å². The molecule has 0 unspecified atom stereocenters. The highest BCUT2D eigenvalue weighted by molar-refractivity contribution is 7.80. The van der Waals surface area contributed by atoms with E-state index in [1.54, 1.807) is 18.9 Å². The van der Waals surface area contributed by atoms with Crippen LogP contribution in [-0.4, -0.2) is 40.9 Å². The quantitative estimate of drug-likeness (QED) is 0.192. The Morgan fingerprint density at radius 3 is 2.45 bits per heavy atom. The molecule has 0 spiro atoms. The van der Waals surface area contributed by atoms with Crippen LogP contribution in [0.2, 0.25) is 0 Å². The smallest absolute Gasteiger partial charge is 0.441 e. The van der Waals surface area contributed by atoms with Crippen LogP contribution in [0.5, 0.6) is 0 Å². The number of esters is 1. The van der Waals surface area contributed by atoms with Crippen molar-refractivity contribution in [3.8, 4) is 0 Å². The van der Waals surface area contributed by atoms with Crippen LogP contribution in [0, 0.1) is 0 Å². The van der Waals surface area contributed by atoms with E-state index in [4.69, 9.17) is 17.7 Å². The number of benzene rings is 1. The molecule has 0 saturated heterocycles. The van der Waals surface area contributed by atoms with E-state index in [-0.39, 0.29) is 19.4 Å². The Morgan fingerprint density at radius 2 is 1.91 bits per heavy atom. The molecule has 7 heteroatoms. The van der Waals surface area contributed by atoms with E-state index < -0.39 is 17.5 Å². The van der Waals surface area contributed by atoms with E-state index in [2.05, 4.69) is 9.53 Å². The second-order valence-electron chi connectivity index (χ2n) is 4.38. The number of Topliss-reactive ketones (excluding diaryl/α,β-unsaturated/α-hetero) is 1. The summed E-state index contributed by atoms with van der Waals surface area (Å²) >= 11 is 5.27. The third-order valence-corrected chi connectivity index (χ3v) is 3.39. The van der Waals surface area contributed by atoms with Crippen LogP contribution >= 0.6 is 12.2 Å². The molecule has 0 radical (unpaired) electrons. The number of hydrogen-bond donors (Lipinski definition) is 0. The monoisotopic (exact) mass is 319 g/mol. The summed E-state index contributed by atoms with van der Waals surface area (Å²) in [6.07, 6.45) is 0.228. The van der Waals surface area contributed by atoms with Crippen LogP contribution in [0.1, 0.15) is 19.8 Å².